The first-order chi connectivity index (χ1) is 9.82. The van der Waals surface area contributed by atoms with Crippen LogP contribution in [0.15, 0.2) is 11.1 Å². The molecule has 1 saturated heterocycles. The van der Waals surface area contributed by atoms with Crippen LogP contribution in [0, 0.1) is 0 Å². The number of aryl methyl sites for hydroxylation is 1. The number of nitrogens with two attached hydrogens (primary N) is 1. The third kappa shape index (κ3) is 3.22. The molecule has 1 fully saturated rings. The summed E-state index contributed by atoms with van der Waals surface area (Å²) >= 11 is 0. The minimum absolute atomic E-state index is 0.0631. The van der Waals surface area contributed by atoms with Gasteiger partial charge in [-0.15, -0.1) is 0 Å². The van der Waals surface area contributed by atoms with E-state index in [-0.39, 0.29) is 10.7 Å². The summed E-state index contributed by atoms with van der Waals surface area (Å²) in [4.78, 5) is 0.0938. The van der Waals surface area contributed by atoms with Crippen molar-refractivity contribution in [2.24, 2.45) is 0 Å². The Labute approximate surface area is 126 Å². The second-order valence-electron chi connectivity index (χ2n) is 5.74. The maximum atomic E-state index is 12.8. The number of nitrogens with zero attached hydrogens (tertiary/aromatic N) is 3. The SMILES string of the molecule is CCCn1cc(S(=O)(=O)N2CCCC(C)(OC)C2)c(N)n1. The Morgan fingerprint density at radius 3 is 2.86 bits per heavy atom. The summed E-state index contributed by atoms with van der Waals surface area (Å²) in [6.45, 7) is 5.40. The average molecular weight is 316 g/mol. The first kappa shape index (κ1) is 16.3. The molecule has 0 aliphatic carbocycles. The number of aromatic nitrogens is 2. The zero-order valence-electron chi connectivity index (χ0n) is 12.9. The Morgan fingerprint density at radius 1 is 1.52 bits per heavy atom. The second kappa shape index (κ2) is 5.94. The molecule has 21 heavy (non-hydrogen) atoms. The molecule has 120 valence electrons. The summed E-state index contributed by atoms with van der Waals surface area (Å²) in [5.74, 6) is 0.0631. The highest BCUT2D eigenvalue weighted by atomic mass is 32.2. The molecule has 0 bridgehead atoms. The van der Waals surface area contributed by atoms with E-state index < -0.39 is 15.6 Å². The van der Waals surface area contributed by atoms with Gasteiger partial charge in [0.25, 0.3) is 0 Å². The van der Waals surface area contributed by atoms with Crippen molar-refractivity contribution in [2.75, 3.05) is 25.9 Å². The van der Waals surface area contributed by atoms with Gasteiger partial charge in [-0.3, -0.25) is 4.68 Å². The molecule has 0 aromatic carbocycles. The summed E-state index contributed by atoms with van der Waals surface area (Å²) in [6, 6.07) is 0. The van der Waals surface area contributed by atoms with Crippen LogP contribution in [0.1, 0.15) is 33.1 Å². The minimum Gasteiger partial charge on any atom is -0.381 e. The summed E-state index contributed by atoms with van der Waals surface area (Å²) in [7, 11) is -2.01. The van der Waals surface area contributed by atoms with Gasteiger partial charge in [0, 0.05) is 32.9 Å². The molecule has 0 spiro atoms. The molecule has 0 saturated carbocycles. The molecule has 2 rings (SSSR count). The van der Waals surface area contributed by atoms with Crippen LogP contribution < -0.4 is 5.73 Å². The van der Waals surface area contributed by atoms with E-state index in [0.717, 1.165) is 19.3 Å². The lowest BCUT2D eigenvalue weighted by Crippen LogP contribution is -2.49. The molecular weight excluding hydrogens is 292 g/mol. The number of ether oxygens (including phenoxy) is 1. The Balaban J connectivity index is 2.29. The van der Waals surface area contributed by atoms with Gasteiger partial charge in [-0.05, 0) is 26.2 Å². The molecule has 1 unspecified atom stereocenters. The van der Waals surface area contributed by atoms with Gasteiger partial charge in [-0.25, -0.2) is 8.42 Å². The smallest absolute Gasteiger partial charge is 0.248 e. The van der Waals surface area contributed by atoms with Gasteiger partial charge >= 0.3 is 0 Å². The van der Waals surface area contributed by atoms with Crippen LogP contribution in [0.2, 0.25) is 0 Å². The number of hydrogen-bond acceptors (Lipinski definition) is 5. The van der Waals surface area contributed by atoms with E-state index in [4.69, 9.17) is 10.5 Å². The maximum absolute atomic E-state index is 12.8. The normalized spacial score (nSPS) is 24.3. The van der Waals surface area contributed by atoms with Gasteiger partial charge in [0.1, 0.15) is 4.90 Å². The maximum Gasteiger partial charge on any atom is 0.248 e. The second-order valence-corrected chi connectivity index (χ2v) is 7.64. The molecule has 0 radical (unpaired) electrons. The minimum atomic E-state index is -3.63. The van der Waals surface area contributed by atoms with Crippen molar-refractivity contribution in [1.29, 1.82) is 0 Å². The highest BCUT2D eigenvalue weighted by Gasteiger charge is 2.38. The van der Waals surface area contributed by atoms with Gasteiger partial charge in [0.05, 0.1) is 5.60 Å². The zero-order valence-corrected chi connectivity index (χ0v) is 13.7. The Bertz CT molecular complexity index is 599. The highest BCUT2D eigenvalue weighted by molar-refractivity contribution is 7.89. The largest absolute Gasteiger partial charge is 0.381 e. The predicted octanol–water partition coefficient (Wildman–Crippen LogP) is 1.06. The van der Waals surface area contributed by atoms with Crippen LogP contribution in [0.25, 0.3) is 0 Å². The molecule has 2 heterocycles. The summed E-state index contributed by atoms with van der Waals surface area (Å²) in [6.07, 6.45) is 4.01. The molecule has 1 aliphatic heterocycles. The van der Waals surface area contributed by atoms with Crippen LogP contribution in [-0.4, -0.2) is 48.3 Å². The Kier molecular flexibility index (Phi) is 4.60. The van der Waals surface area contributed by atoms with E-state index in [1.54, 1.807) is 11.8 Å². The lowest BCUT2D eigenvalue weighted by atomic mass is 9.96. The van der Waals surface area contributed by atoms with Crippen molar-refractivity contribution in [3.63, 3.8) is 0 Å². The number of hydrogen-bond donors (Lipinski definition) is 1. The first-order valence-electron chi connectivity index (χ1n) is 7.20. The van der Waals surface area contributed by atoms with Gasteiger partial charge in [-0.2, -0.15) is 9.40 Å². The molecule has 0 amide bonds. The Hall–Kier alpha value is -1.12. The molecule has 1 aliphatic rings. The van der Waals surface area contributed by atoms with E-state index in [2.05, 4.69) is 5.10 Å². The van der Waals surface area contributed by atoms with Crippen LogP contribution in [0.5, 0.6) is 0 Å². The van der Waals surface area contributed by atoms with Crippen molar-refractivity contribution < 1.29 is 13.2 Å². The number of anilines is 1. The van der Waals surface area contributed by atoms with E-state index in [0.29, 0.717) is 19.6 Å². The van der Waals surface area contributed by atoms with E-state index in [9.17, 15) is 8.42 Å². The van der Waals surface area contributed by atoms with Gasteiger partial charge in [0.2, 0.25) is 10.0 Å². The van der Waals surface area contributed by atoms with Crippen LogP contribution in [0.3, 0.4) is 0 Å². The topological polar surface area (TPSA) is 90.5 Å². The molecule has 2 N–H and O–H groups in total. The van der Waals surface area contributed by atoms with Crippen molar-refractivity contribution in [1.82, 2.24) is 14.1 Å². The molecule has 7 nitrogen and oxygen atoms in total. The predicted molar refractivity (Wildman–Crippen MR) is 80.3 cm³/mol. The van der Waals surface area contributed by atoms with Crippen LogP contribution >= 0.6 is 0 Å². The van der Waals surface area contributed by atoms with E-state index >= 15 is 0 Å². The number of piperidine rings is 1. The molecular formula is C13H24N4O3S. The average Bonchev–Trinajstić information content (AvgIpc) is 2.81. The highest BCUT2D eigenvalue weighted by Crippen LogP contribution is 2.29. The summed E-state index contributed by atoms with van der Waals surface area (Å²) in [5, 5.41) is 4.08. The number of nitrogen functional groups attached to an aromatic ring is 1. The standard InChI is InChI=1S/C13H24N4O3S/c1-4-7-16-9-11(12(14)15-16)21(18,19)17-8-5-6-13(2,10-17)20-3/h9H,4-8,10H2,1-3H3,(H2,14,15). The fourth-order valence-corrected chi connectivity index (χ4v) is 4.28. The molecule has 8 heteroatoms. The van der Waals surface area contributed by atoms with Gasteiger partial charge in [0.15, 0.2) is 5.82 Å². The van der Waals surface area contributed by atoms with Gasteiger partial charge < -0.3 is 10.5 Å². The van der Waals surface area contributed by atoms with Gasteiger partial charge in [-0.1, -0.05) is 6.92 Å². The van der Waals surface area contributed by atoms with Crippen LogP contribution in [0.4, 0.5) is 5.82 Å². The van der Waals surface area contributed by atoms with Crippen molar-refractivity contribution >= 4 is 15.8 Å². The first-order valence-corrected chi connectivity index (χ1v) is 8.64. The van der Waals surface area contributed by atoms with Crippen molar-refractivity contribution in [3.8, 4) is 0 Å². The Morgan fingerprint density at radius 2 is 2.24 bits per heavy atom. The van der Waals surface area contributed by atoms with E-state index in [1.165, 1.54) is 10.5 Å². The lowest BCUT2D eigenvalue weighted by molar-refractivity contribution is -0.0319. The number of methoxy groups -OCH3 is 1. The molecule has 1 aromatic rings. The summed E-state index contributed by atoms with van der Waals surface area (Å²) in [5.41, 5.74) is 5.35. The summed E-state index contributed by atoms with van der Waals surface area (Å²) < 4.78 is 34.0. The van der Waals surface area contributed by atoms with Crippen molar-refractivity contribution in [2.45, 2.75) is 50.2 Å². The van der Waals surface area contributed by atoms with E-state index in [1.807, 2.05) is 13.8 Å². The lowest BCUT2D eigenvalue weighted by Gasteiger charge is -2.38. The third-order valence-electron chi connectivity index (χ3n) is 3.94. The molecule has 1 aromatic heterocycles. The number of rotatable bonds is 5. The van der Waals surface area contributed by atoms with Crippen molar-refractivity contribution in [3.05, 3.63) is 6.20 Å². The fraction of sp³-hybridized carbons (Fsp3) is 0.769. The monoisotopic (exact) mass is 316 g/mol. The third-order valence-corrected chi connectivity index (χ3v) is 5.80. The van der Waals surface area contributed by atoms with Crippen LogP contribution in [-0.2, 0) is 21.3 Å². The number of sulfonamides is 1. The quantitative estimate of drug-likeness (QED) is 0.877. The zero-order chi connectivity index (χ0) is 15.7. The fourth-order valence-electron chi connectivity index (χ4n) is 2.63. The molecule has 1 atom stereocenters.